The first-order valence-corrected chi connectivity index (χ1v) is 11.3. The number of sulfonamides is 1. The van der Waals surface area contributed by atoms with Crippen molar-refractivity contribution in [3.8, 4) is 5.75 Å². The van der Waals surface area contributed by atoms with Crippen molar-refractivity contribution >= 4 is 27.4 Å². The smallest absolute Gasteiger partial charge is 0.312 e. The van der Waals surface area contributed by atoms with Crippen LogP contribution in [0.3, 0.4) is 0 Å². The van der Waals surface area contributed by atoms with Crippen LogP contribution in [0.2, 0.25) is 0 Å². The van der Waals surface area contributed by atoms with Gasteiger partial charge in [0.2, 0.25) is 10.0 Å². The number of nitrogens with zero attached hydrogens (tertiary/aromatic N) is 4. The fraction of sp³-hybridized carbons (Fsp3) is 0.474. The van der Waals surface area contributed by atoms with Gasteiger partial charge in [0.1, 0.15) is 5.82 Å². The SMILES string of the molecule is CC(Oc1ccc(S(=O)(=O)N2CCCC2)cc1[N+](=O)[O-])C(=O)Nc1ccnn1C(C)C. The maximum Gasteiger partial charge on any atom is 0.312 e. The summed E-state index contributed by atoms with van der Waals surface area (Å²) in [5, 5.41) is 18.4. The highest BCUT2D eigenvalue weighted by molar-refractivity contribution is 7.89. The number of hydrogen-bond donors (Lipinski definition) is 1. The first kappa shape index (κ1) is 22.7. The number of hydrogen-bond acceptors (Lipinski definition) is 7. The molecule has 3 rings (SSSR count). The van der Waals surface area contributed by atoms with Crippen molar-refractivity contribution in [1.29, 1.82) is 0 Å². The van der Waals surface area contributed by atoms with Crippen LogP contribution >= 0.6 is 0 Å². The average molecular weight is 452 g/mol. The molecule has 1 aliphatic rings. The molecule has 1 aliphatic heterocycles. The summed E-state index contributed by atoms with van der Waals surface area (Å²) in [4.78, 5) is 23.2. The fourth-order valence-corrected chi connectivity index (χ4v) is 4.81. The van der Waals surface area contributed by atoms with Crippen LogP contribution in [-0.2, 0) is 14.8 Å². The van der Waals surface area contributed by atoms with Crippen molar-refractivity contribution in [2.24, 2.45) is 0 Å². The van der Waals surface area contributed by atoms with E-state index in [0.717, 1.165) is 18.9 Å². The van der Waals surface area contributed by atoms with Crippen molar-refractivity contribution in [2.75, 3.05) is 18.4 Å². The molecule has 1 saturated heterocycles. The van der Waals surface area contributed by atoms with Crippen molar-refractivity contribution in [2.45, 2.75) is 50.7 Å². The lowest BCUT2D eigenvalue weighted by Gasteiger charge is -2.18. The predicted octanol–water partition coefficient (Wildman–Crippen LogP) is 2.56. The Morgan fingerprint density at radius 3 is 2.52 bits per heavy atom. The molecule has 11 nitrogen and oxygen atoms in total. The third kappa shape index (κ3) is 4.85. The number of rotatable bonds is 8. The van der Waals surface area contributed by atoms with Gasteiger partial charge in [-0.05, 0) is 45.7 Å². The highest BCUT2D eigenvalue weighted by Gasteiger charge is 2.30. The number of carbonyl (C=O) groups is 1. The topological polar surface area (TPSA) is 137 Å². The number of nitro groups is 1. The number of ether oxygens (including phenoxy) is 1. The Labute approximate surface area is 180 Å². The van der Waals surface area contributed by atoms with Gasteiger partial charge < -0.3 is 10.1 Å². The molecule has 2 aromatic rings. The van der Waals surface area contributed by atoms with Gasteiger partial charge in [-0.1, -0.05) is 0 Å². The lowest BCUT2D eigenvalue weighted by molar-refractivity contribution is -0.386. The van der Waals surface area contributed by atoms with Crippen molar-refractivity contribution in [1.82, 2.24) is 14.1 Å². The monoisotopic (exact) mass is 451 g/mol. The molecule has 1 aromatic heterocycles. The van der Waals surface area contributed by atoms with E-state index in [4.69, 9.17) is 4.74 Å². The number of nitrogens with one attached hydrogen (secondary N) is 1. The Hall–Kier alpha value is -2.99. The third-order valence-corrected chi connectivity index (χ3v) is 6.81. The van der Waals surface area contributed by atoms with Crippen molar-refractivity contribution < 1.29 is 22.9 Å². The normalized spacial score (nSPS) is 15.7. The molecule has 1 atom stereocenters. The zero-order chi connectivity index (χ0) is 22.8. The second kappa shape index (κ2) is 9.02. The molecule has 1 aromatic carbocycles. The van der Waals surface area contributed by atoms with E-state index < -0.39 is 32.6 Å². The van der Waals surface area contributed by atoms with Crippen LogP contribution < -0.4 is 10.1 Å². The number of carbonyl (C=O) groups excluding carboxylic acids is 1. The standard InChI is InChI=1S/C19H25N5O6S/c1-13(2)23-18(8-9-20-23)21-19(25)14(3)30-17-7-6-15(12-16(17)24(26)27)31(28,29)22-10-4-5-11-22/h6-9,12-14H,4-5,10-11H2,1-3H3,(H,21,25). The second-order valence-electron chi connectivity index (χ2n) is 7.50. The summed E-state index contributed by atoms with van der Waals surface area (Å²) in [6.45, 7) is 6.04. The van der Waals surface area contributed by atoms with Gasteiger partial charge in [-0.25, -0.2) is 13.1 Å². The molecule has 0 saturated carbocycles. The maximum absolute atomic E-state index is 12.7. The largest absolute Gasteiger partial charge is 0.474 e. The van der Waals surface area contributed by atoms with Crippen molar-refractivity contribution in [3.05, 3.63) is 40.6 Å². The predicted molar refractivity (Wildman–Crippen MR) is 112 cm³/mol. The van der Waals surface area contributed by atoms with E-state index in [-0.39, 0.29) is 16.7 Å². The van der Waals surface area contributed by atoms with E-state index in [2.05, 4.69) is 10.4 Å². The van der Waals surface area contributed by atoms with Gasteiger partial charge in [-0.3, -0.25) is 14.9 Å². The van der Waals surface area contributed by atoms with Gasteiger partial charge >= 0.3 is 5.69 Å². The molecule has 0 radical (unpaired) electrons. The number of aromatic nitrogens is 2. The van der Waals surface area contributed by atoms with Crippen LogP contribution in [0.5, 0.6) is 5.75 Å². The lowest BCUT2D eigenvalue weighted by atomic mass is 10.3. The zero-order valence-electron chi connectivity index (χ0n) is 17.5. The van der Waals surface area contributed by atoms with E-state index in [1.54, 1.807) is 16.9 Å². The van der Waals surface area contributed by atoms with Gasteiger partial charge in [0.15, 0.2) is 11.9 Å². The molecule has 12 heteroatoms. The molecule has 1 fully saturated rings. The van der Waals surface area contributed by atoms with Crippen LogP contribution in [0.4, 0.5) is 11.5 Å². The van der Waals surface area contributed by atoms with Gasteiger partial charge in [0, 0.05) is 31.3 Å². The van der Waals surface area contributed by atoms with Crippen LogP contribution in [0.25, 0.3) is 0 Å². The average Bonchev–Trinajstić information content (AvgIpc) is 3.40. The molecule has 0 bridgehead atoms. The van der Waals surface area contributed by atoms with E-state index in [1.165, 1.54) is 23.4 Å². The highest BCUT2D eigenvalue weighted by atomic mass is 32.2. The number of anilines is 1. The summed E-state index contributed by atoms with van der Waals surface area (Å²) in [5.74, 6) is -0.243. The summed E-state index contributed by atoms with van der Waals surface area (Å²) >= 11 is 0. The summed E-state index contributed by atoms with van der Waals surface area (Å²) < 4.78 is 33.9. The van der Waals surface area contributed by atoms with Gasteiger partial charge in [0.05, 0.1) is 16.0 Å². The minimum atomic E-state index is -3.82. The number of benzene rings is 1. The van der Waals surface area contributed by atoms with Crippen LogP contribution in [0, 0.1) is 10.1 Å². The Morgan fingerprint density at radius 2 is 1.90 bits per heavy atom. The van der Waals surface area contributed by atoms with E-state index in [0.29, 0.717) is 18.9 Å². The summed E-state index contributed by atoms with van der Waals surface area (Å²) in [6, 6.07) is 5.09. The Bertz CT molecular complexity index is 1080. The molecular weight excluding hydrogens is 426 g/mol. The second-order valence-corrected chi connectivity index (χ2v) is 9.44. The van der Waals surface area contributed by atoms with Gasteiger partial charge in [-0.2, -0.15) is 9.40 Å². The molecule has 168 valence electrons. The number of amides is 1. The molecule has 31 heavy (non-hydrogen) atoms. The Morgan fingerprint density at radius 1 is 1.23 bits per heavy atom. The van der Waals surface area contributed by atoms with Gasteiger partial charge in [0.25, 0.3) is 5.91 Å². The minimum absolute atomic E-state index is 0.0210. The Balaban J connectivity index is 1.79. The van der Waals surface area contributed by atoms with Crippen LogP contribution in [0.1, 0.15) is 39.7 Å². The van der Waals surface area contributed by atoms with E-state index in [9.17, 15) is 23.3 Å². The first-order chi connectivity index (χ1) is 14.6. The van der Waals surface area contributed by atoms with Crippen LogP contribution in [0.15, 0.2) is 35.4 Å². The first-order valence-electron chi connectivity index (χ1n) is 9.91. The molecule has 1 unspecified atom stereocenters. The highest BCUT2D eigenvalue weighted by Crippen LogP contribution is 2.32. The van der Waals surface area contributed by atoms with E-state index >= 15 is 0 Å². The Kier molecular flexibility index (Phi) is 6.60. The van der Waals surface area contributed by atoms with Crippen LogP contribution in [-0.4, -0.2) is 52.5 Å². The lowest BCUT2D eigenvalue weighted by Crippen LogP contribution is -2.31. The molecule has 1 amide bonds. The minimum Gasteiger partial charge on any atom is -0.474 e. The summed E-state index contributed by atoms with van der Waals surface area (Å²) in [6.07, 6.45) is 1.98. The zero-order valence-corrected chi connectivity index (χ0v) is 18.3. The quantitative estimate of drug-likeness (QED) is 0.481. The molecule has 1 N–H and O–H groups in total. The summed E-state index contributed by atoms with van der Waals surface area (Å²) in [5.41, 5.74) is -0.521. The molecule has 0 aliphatic carbocycles. The fourth-order valence-electron chi connectivity index (χ4n) is 3.27. The van der Waals surface area contributed by atoms with E-state index in [1.807, 2.05) is 13.8 Å². The van der Waals surface area contributed by atoms with Gasteiger partial charge in [-0.15, -0.1) is 0 Å². The number of nitro benzene ring substituents is 1. The third-order valence-electron chi connectivity index (χ3n) is 4.91. The molecular formula is C19H25N5O6S. The van der Waals surface area contributed by atoms with Crippen molar-refractivity contribution in [3.63, 3.8) is 0 Å². The maximum atomic E-state index is 12.7. The summed E-state index contributed by atoms with van der Waals surface area (Å²) in [7, 11) is -3.82. The molecule has 0 spiro atoms. The molecule has 2 heterocycles.